The van der Waals surface area contributed by atoms with E-state index >= 15 is 0 Å². The second kappa shape index (κ2) is 6.58. The number of hydrogen-bond acceptors (Lipinski definition) is 3. The molecule has 0 atom stereocenters. The Morgan fingerprint density at radius 2 is 1.90 bits per heavy atom. The van der Waals surface area contributed by atoms with Gasteiger partial charge >= 0.3 is 0 Å². The maximum absolute atomic E-state index is 12.3. The van der Waals surface area contributed by atoms with Crippen LogP contribution in [0.4, 0.5) is 0 Å². The van der Waals surface area contributed by atoms with Crippen molar-refractivity contribution in [3.63, 3.8) is 0 Å². The van der Waals surface area contributed by atoms with Crippen LogP contribution >= 0.6 is 0 Å². The molecular formula is C16H26N2O3. The summed E-state index contributed by atoms with van der Waals surface area (Å²) in [5.41, 5.74) is -0.935. The van der Waals surface area contributed by atoms with Gasteiger partial charge in [0.1, 0.15) is 12.1 Å². The Bertz CT molecular complexity index is 425. The number of nitrogens with one attached hydrogen (secondary N) is 1. The fourth-order valence-electron chi connectivity index (χ4n) is 3.34. The highest BCUT2D eigenvalue weighted by molar-refractivity contribution is 6.06. The van der Waals surface area contributed by atoms with Gasteiger partial charge in [-0.1, -0.05) is 32.1 Å². The van der Waals surface area contributed by atoms with E-state index in [0.717, 1.165) is 18.8 Å². The third-order valence-electron chi connectivity index (χ3n) is 4.81. The van der Waals surface area contributed by atoms with Crippen molar-refractivity contribution in [1.29, 1.82) is 0 Å². The highest BCUT2D eigenvalue weighted by atomic mass is 16.2. The molecule has 5 heteroatoms. The lowest BCUT2D eigenvalue weighted by Gasteiger charge is -2.40. The molecule has 0 radical (unpaired) electrons. The summed E-state index contributed by atoms with van der Waals surface area (Å²) in [7, 11) is 0. The SMILES string of the molecule is CC1(C)C(=O)NC(=O)CN1C(=O)CCCC1CCCCC1. The molecule has 0 aromatic carbocycles. The molecule has 0 bridgehead atoms. The summed E-state index contributed by atoms with van der Waals surface area (Å²) in [4.78, 5) is 37.1. The van der Waals surface area contributed by atoms with Gasteiger partial charge in [0.25, 0.3) is 5.91 Å². The van der Waals surface area contributed by atoms with E-state index in [-0.39, 0.29) is 24.3 Å². The first-order valence-electron chi connectivity index (χ1n) is 8.06. The molecule has 21 heavy (non-hydrogen) atoms. The van der Waals surface area contributed by atoms with Crippen LogP contribution in [0, 0.1) is 5.92 Å². The average molecular weight is 294 g/mol. The Hall–Kier alpha value is -1.39. The monoisotopic (exact) mass is 294 g/mol. The number of rotatable bonds is 4. The van der Waals surface area contributed by atoms with E-state index < -0.39 is 5.54 Å². The summed E-state index contributed by atoms with van der Waals surface area (Å²) in [6, 6.07) is 0. The molecule has 0 aromatic heterocycles. The van der Waals surface area contributed by atoms with Gasteiger partial charge in [-0.05, 0) is 32.6 Å². The zero-order chi connectivity index (χ0) is 15.5. The van der Waals surface area contributed by atoms with E-state index in [1.165, 1.54) is 37.0 Å². The molecule has 1 aliphatic heterocycles. The van der Waals surface area contributed by atoms with Crippen molar-refractivity contribution in [2.75, 3.05) is 6.54 Å². The van der Waals surface area contributed by atoms with Gasteiger partial charge in [0, 0.05) is 6.42 Å². The largest absolute Gasteiger partial charge is 0.319 e. The van der Waals surface area contributed by atoms with E-state index in [9.17, 15) is 14.4 Å². The normalized spacial score (nSPS) is 23.0. The van der Waals surface area contributed by atoms with Gasteiger partial charge in [-0.15, -0.1) is 0 Å². The summed E-state index contributed by atoms with van der Waals surface area (Å²) in [6.07, 6.45) is 8.90. The number of nitrogens with zero attached hydrogens (tertiary/aromatic N) is 1. The van der Waals surface area contributed by atoms with E-state index in [2.05, 4.69) is 5.32 Å². The van der Waals surface area contributed by atoms with E-state index in [1.54, 1.807) is 13.8 Å². The molecule has 118 valence electrons. The molecule has 1 saturated heterocycles. The quantitative estimate of drug-likeness (QED) is 0.806. The number of imide groups is 1. The molecule has 2 aliphatic rings. The number of carbonyl (C=O) groups is 3. The number of carbonyl (C=O) groups excluding carboxylic acids is 3. The summed E-state index contributed by atoms with van der Waals surface area (Å²) in [5, 5.41) is 2.29. The van der Waals surface area contributed by atoms with Crippen molar-refractivity contribution in [2.45, 2.75) is 70.8 Å². The van der Waals surface area contributed by atoms with Crippen LogP contribution in [0.3, 0.4) is 0 Å². The molecule has 2 fully saturated rings. The lowest BCUT2D eigenvalue weighted by Crippen LogP contribution is -2.65. The predicted molar refractivity (Wildman–Crippen MR) is 79.4 cm³/mol. The van der Waals surface area contributed by atoms with Gasteiger partial charge in [0.15, 0.2) is 0 Å². The summed E-state index contributed by atoms with van der Waals surface area (Å²) in [6.45, 7) is 3.36. The minimum Gasteiger partial charge on any atom is -0.319 e. The number of hydrogen-bond donors (Lipinski definition) is 1. The smallest absolute Gasteiger partial charge is 0.252 e. The number of amides is 3. The lowest BCUT2D eigenvalue weighted by molar-refractivity contribution is -0.155. The van der Waals surface area contributed by atoms with Gasteiger partial charge in [0.05, 0.1) is 0 Å². The van der Waals surface area contributed by atoms with Crippen molar-refractivity contribution in [1.82, 2.24) is 10.2 Å². The molecular weight excluding hydrogens is 268 g/mol. The molecule has 5 nitrogen and oxygen atoms in total. The van der Waals surface area contributed by atoms with Crippen LogP contribution in [0.1, 0.15) is 65.2 Å². The summed E-state index contributed by atoms with van der Waals surface area (Å²) < 4.78 is 0. The molecule has 1 heterocycles. The molecule has 0 spiro atoms. The molecule has 1 saturated carbocycles. The predicted octanol–water partition coefficient (Wildman–Crippen LogP) is 2.00. The Morgan fingerprint density at radius 1 is 1.24 bits per heavy atom. The second-order valence-electron chi connectivity index (χ2n) is 6.81. The van der Waals surface area contributed by atoms with E-state index in [0.29, 0.717) is 6.42 Å². The maximum atomic E-state index is 12.3. The third kappa shape index (κ3) is 3.83. The fourth-order valence-corrected chi connectivity index (χ4v) is 3.34. The highest BCUT2D eigenvalue weighted by Gasteiger charge is 2.43. The Balaban J connectivity index is 1.83. The zero-order valence-electron chi connectivity index (χ0n) is 13.1. The van der Waals surface area contributed by atoms with Crippen LogP contribution in [-0.2, 0) is 14.4 Å². The molecule has 1 N–H and O–H groups in total. The molecule has 0 aromatic rings. The first-order valence-corrected chi connectivity index (χ1v) is 8.06. The Morgan fingerprint density at radius 3 is 2.57 bits per heavy atom. The van der Waals surface area contributed by atoms with Crippen LogP contribution in [0.25, 0.3) is 0 Å². The summed E-state index contributed by atoms with van der Waals surface area (Å²) >= 11 is 0. The van der Waals surface area contributed by atoms with Crippen LogP contribution in [-0.4, -0.2) is 34.7 Å². The van der Waals surface area contributed by atoms with Crippen molar-refractivity contribution in [2.24, 2.45) is 5.92 Å². The van der Waals surface area contributed by atoms with Crippen LogP contribution in [0.15, 0.2) is 0 Å². The van der Waals surface area contributed by atoms with Gasteiger partial charge < -0.3 is 4.90 Å². The van der Waals surface area contributed by atoms with Gasteiger partial charge in [0.2, 0.25) is 11.8 Å². The van der Waals surface area contributed by atoms with Gasteiger partial charge in [-0.2, -0.15) is 0 Å². The first kappa shape index (κ1) is 16.0. The topological polar surface area (TPSA) is 66.5 Å². The minimum atomic E-state index is -0.935. The van der Waals surface area contributed by atoms with Crippen molar-refractivity contribution in [3.05, 3.63) is 0 Å². The molecule has 0 unspecified atom stereocenters. The Kier molecular flexibility index (Phi) is 5.01. The lowest BCUT2D eigenvalue weighted by atomic mass is 9.85. The molecule has 3 amide bonds. The van der Waals surface area contributed by atoms with E-state index in [4.69, 9.17) is 0 Å². The van der Waals surface area contributed by atoms with Gasteiger partial charge in [-0.3, -0.25) is 19.7 Å². The average Bonchev–Trinajstić information content (AvgIpc) is 2.44. The highest BCUT2D eigenvalue weighted by Crippen LogP contribution is 2.28. The standard InChI is InChI=1S/C16H26N2O3/c1-16(2)15(21)17-13(19)11-18(16)14(20)10-6-9-12-7-4-3-5-8-12/h12H,3-11H2,1-2H3,(H,17,19,21). The van der Waals surface area contributed by atoms with Gasteiger partial charge in [-0.25, -0.2) is 0 Å². The molecule has 1 aliphatic carbocycles. The minimum absolute atomic E-state index is 0.0129. The van der Waals surface area contributed by atoms with Crippen LogP contribution < -0.4 is 5.32 Å². The second-order valence-corrected chi connectivity index (χ2v) is 6.81. The summed E-state index contributed by atoms with van der Waals surface area (Å²) in [5.74, 6) is -0.107. The van der Waals surface area contributed by atoms with Crippen molar-refractivity contribution >= 4 is 17.7 Å². The van der Waals surface area contributed by atoms with Crippen LogP contribution in [0.5, 0.6) is 0 Å². The van der Waals surface area contributed by atoms with Crippen molar-refractivity contribution < 1.29 is 14.4 Å². The first-order chi connectivity index (χ1) is 9.91. The van der Waals surface area contributed by atoms with Crippen molar-refractivity contribution in [3.8, 4) is 0 Å². The third-order valence-corrected chi connectivity index (χ3v) is 4.81. The van der Waals surface area contributed by atoms with Crippen LogP contribution in [0.2, 0.25) is 0 Å². The number of piperazine rings is 1. The maximum Gasteiger partial charge on any atom is 0.252 e. The van der Waals surface area contributed by atoms with E-state index in [1.807, 2.05) is 0 Å². The fraction of sp³-hybridized carbons (Fsp3) is 0.812. The zero-order valence-corrected chi connectivity index (χ0v) is 13.1. The molecule has 2 rings (SSSR count). The Labute approximate surface area is 126 Å².